The average Bonchev–Trinajstić information content (AvgIpc) is 3.07. The number of hydrogen-bond donors (Lipinski definition) is 1. The van der Waals surface area contributed by atoms with Crippen LogP contribution in [0.4, 0.5) is 17.3 Å². The van der Waals surface area contributed by atoms with Gasteiger partial charge in [-0.1, -0.05) is 48.5 Å². The quantitative estimate of drug-likeness (QED) is 0.797. The third kappa shape index (κ3) is 3.35. The van der Waals surface area contributed by atoms with Crippen molar-refractivity contribution in [1.82, 2.24) is 10.2 Å². The van der Waals surface area contributed by atoms with E-state index in [1.165, 1.54) is 11.3 Å². The van der Waals surface area contributed by atoms with Gasteiger partial charge in [0, 0.05) is 12.2 Å². The van der Waals surface area contributed by atoms with Crippen molar-refractivity contribution in [2.24, 2.45) is 0 Å². The molecular formula is C20H18N4O. The molecule has 4 rings (SSSR count). The van der Waals surface area contributed by atoms with Crippen molar-refractivity contribution in [3.8, 4) is 0 Å². The Kier molecular flexibility index (Phi) is 4.12. The summed E-state index contributed by atoms with van der Waals surface area (Å²) in [6.07, 6.45) is 1.33. The molecule has 25 heavy (non-hydrogen) atoms. The van der Waals surface area contributed by atoms with Crippen LogP contribution in [0.15, 0.2) is 66.7 Å². The number of nitrogens with one attached hydrogen (secondary N) is 1. The standard InChI is InChI=1S/C20H18N4O/c25-20(14-15-6-2-1-3-7-15)21-18-10-11-19(23-22-18)24-13-12-16-8-4-5-9-17(16)24/h1-11H,12-14H2,(H,21,22,25). The Balaban J connectivity index is 1.43. The van der Waals surface area contributed by atoms with Gasteiger partial charge in [-0.25, -0.2) is 0 Å². The molecule has 1 aromatic heterocycles. The number of anilines is 3. The monoisotopic (exact) mass is 330 g/mol. The molecule has 5 nitrogen and oxygen atoms in total. The minimum Gasteiger partial charge on any atom is -0.324 e. The van der Waals surface area contributed by atoms with Gasteiger partial charge in [-0.05, 0) is 35.7 Å². The van der Waals surface area contributed by atoms with Crippen LogP contribution in [0.1, 0.15) is 11.1 Å². The largest absolute Gasteiger partial charge is 0.324 e. The number of fused-ring (bicyclic) bond motifs is 1. The Morgan fingerprint density at radius 3 is 2.56 bits per heavy atom. The summed E-state index contributed by atoms with van der Waals surface area (Å²) in [7, 11) is 0. The van der Waals surface area contributed by atoms with Crippen LogP contribution in [-0.4, -0.2) is 22.6 Å². The molecule has 2 heterocycles. The summed E-state index contributed by atoms with van der Waals surface area (Å²) in [5.74, 6) is 1.17. The molecule has 0 saturated heterocycles. The van der Waals surface area contributed by atoms with Crippen LogP contribution in [-0.2, 0) is 17.6 Å². The summed E-state index contributed by atoms with van der Waals surface area (Å²) in [5, 5.41) is 11.2. The van der Waals surface area contributed by atoms with Crippen molar-refractivity contribution in [3.63, 3.8) is 0 Å². The zero-order valence-electron chi connectivity index (χ0n) is 13.7. The Labute approximate surface area is 146 Å². The lowest BCUT2D eigenvalue weighted by Gasteiger charge is -2.17. The molecule has 1 amide bonds. The Morgan fingerprint density at radius 1 is 0.960 bits per heavy atom. The molecule has 0 bridgehead atoms. The van der Waals surface area contributed by atoms with E-state index in [1.807, 2.05) is 42.5 Å². The third-order valence-corrected chi connectivity index (χ3v) is 4.29. The van der Waals surface area contributed by atoms with E-state index >= 15 is 0 Å². The fourth-order valence-corrected chi connectivity index (χ4v) is 3.08. The Bertz CT molecular complexity index is 878. The predicted octanol–water partition coefficient (Wildman–Crippen LogP) is 3.35. The second kappa shape index (κ2) is 6.73. The molecule has 1 N–H and O–H groups in total. The maximum Gasteiger partial charge on any atom is 0.229 e. The van der Waals surface area contributed by atoms with Crippen molar-refractivity contribution < 1.29 is 4.79 Å². The van der Waals surface area contributed by atoms with Gasteiger partial charge in [-0.15, -0.1) is 10.2 Å². The fraction of sp³-hybridized carbons (Fsp3) is 0.150. The van der Waals surface area contributed by atoms with Crippen LogP contribution in [0.25, 0.3) is 0 Å². The Hall–Kier alpha value is -3.21. The van der Waals surface area contributed by atoms with Gasteiger partial charge in [-0.3, -0.25) is 4.79 Å². The molecule has 3 aromatic rings. The molecule has 5 heteroatoms. The van der Waals surface area contributed by atoms with Crippen LogP contribution in [0.5, 0.6) is 0 Å². The number of benzene rings is 2. The fourth-order valence-electron chi connectivity index (χ4n) is 3.08. The minimum absolute atomic E-state index is 0.0974. The molecule has 2 aromatic carbocycles. The van der Waals surface area contributed by atoms with E-state index in [1.54, 1.807) is 6.07 Å². The number of para-hydroxylation sites is 1. The number of aromatic nitrogens is 2. The number of hydrogen-bond acceptors (Lipinski definition) is 4. The summed E-state index contributed by atoms with van der Waals surface area (Å²) in [6.45, 7) is 0.897. The van der Waals surface area contributed by atoms with Gasteiger partial charge in [0.25, 0.3) is 0 Å². The zero-order chi connectivity index (χ0) is 17.1. The highest BCUT2D eigenvalue weighted by Crippen LogP contribution is 2.32. The van der Waals surface area contributed by atoms with Crippen molar-refractivity contribution in [3.05, 3.63) is 77.9 Å². The van der Waals surface area contributed by atoms with E-state index in [0.29, 0.717) is 12.2 Å². The van der Waals surface area contributed by atoms with E-state index in [4.69, 9.17) is 0 Å². The van der Waals surface area contributed by atoms with Gasteiger partial charge in [0.05, 0.1) is 6.42 Å². The van der Waals surface area contributed by atoms with Gasteiger partial charge in [-0.2, -0.15) is 0 Å². The van der Waals surface area contributed by atoms with E-state index in [-0.39, 0.29) is 5.91 Å². The lowest BCUT2D eigenvalue weighted by atomic mass is 10.1. The highest BCUT2D eigenvalue weighted by atomic mass is 16.1. The van der Waals surface area contributed by atoms with Gasteiger partial charge in [0.15, 0.2) is 11.6 Å². The van der Waals surface area contributed by atoms with E-state index in [0.717, 1.165) is 24.3 Å². The second-order valence-corrected chi connectivity index (χ2v) is 6.02. The number of carbonyl (C=O) groups excluding carboxylic acids is 1. The van der Waals surface area contributed by atoms with Crippen molar-refractivity contribution in [2.75, 3.05) is 16.8 Å². The lowest BCUT2D eigenvalue weighted by Crippen LogP contribution is -2.18. The molecule has 0 fully saturated rings. The van der Waals surface area contributed by atoms with E-state index < -0.39 is 0 Å². The van der Waals surface area contributed by atoms with Crippen LogP contribution in [0.3, 0.4) is 0 Å². The lowest BCUT2D eigenvalue weighted by molar-refractivity contribution is -0.115. The summed E-state index contributed by atoms with van der Waals surface area (Å²) in [4.78, 5) is 14.2. The summed E-state index contributed by atoms with van der Waals surface area (Å²) in [5.41, 5.74) is 3.47. The third-order valence-electron chi connectivity index (χ3n) is 4.29. The summed E-state index contributed by atoms with van der Waals surface area (Å²) < 4.78 is 0. The van der Waals surface area contributed by atoms with Crippen LogP contribution >= 0.6 is 0 Å². The second-order valence-electron chi connectivity index (χ2n) is 6.02. The van der Waals surface area contributed by atoms with Gasteiger partial charge in [0.1, 0.15) is 0 Å². The smallest absolute Gasteiger partial charge is 0.229 e. The van der Waals surface area contributed by atoms with Gasteiger partial charge >= 0.3 is 0 Å². The highest BCUT2D eigenvalue weighted by Gasteiger charge is 2.21. The van der Waals surface area contributed by atoms with Crippen LogP contribution in [0, 0.1) is 0 Å². The minimum atomic E-state index is -0.0974. The molecule has 124 valence electrons. The molecule has 1 aliphatic rings. The van der Waals surface area contributed by atoms with Crippen LogP contribution < -0.4 is 10.2 Å². The zero-order valence-corrected chi connectivity index (χ0v) is 13.7. The predicted molar refractivity (Wildman–Crippen MR) is 98.0 cm³/mol. The maximum atomic E-state index is 12.1. The molecular weight excluding hydrogens is 312 g/mol. The van der Waals surface area contributed by atoms with Crippen LogP contribution in [0.2, 0.25) is 0 Å². The number of carbonyl (C=O) groups is 1. The van der Waals surface area contributed by atoms with Crippen molar-refractivity contribution in [2.45, 2.75) is 12.8 Å². The van der Waals surface area contributed by atoms with Gasteiger partial charge in [0.2, 0.25) is 5.91 Å². The number of amides is 1. The number of rotatable bonds is 4. The first-order valence-electron chi connectivity index (χ1n) is 8.32. The van der Waals surface area contributed by atoms with Crippen molar-refractivity contribution in [1.29, 1.82) is 0 Å². The van der Waals surface area contributed by atoms with E-state index in [9.17, 15) is 4.79 Å². The number of nitrogens with zero attached hydrogens (tertiary/aromatic N) is 3. The first-order chi connectivity index (χ1) is 12.3. The molecule has 1 aliphatic heterocycles. The molecule has 0 unspecified atom stereocenters. The van der Waals surface area contributed by atoms with Crippen molar-refractivity contribution >= 4 is 23.2 Å². The first-order valence-corrected chi connectivity index (χ1v) is 8.32. The molecule has 0 saturated carbocycles. The average molecular weight is 330 g/mol. The molecule has 0 radical (unpaired) electrons. The maximum absolute atomic E-state index is 12.1. The highest BCUT2D eigenvalue weighted by molar-refractivity contribution is 5.91. The SMILES string of the molecule is O=C(Cc1ccccc1)Nc1ccc(N2CCc3ccccc32)nn1. The normalized spacial score (nSPS) is 12.7. The summed E-state index contributed by atoms with van der Waals surface area (Å²) >= 11 is 0. The topological polar surface area (TPSA) is 58.1 Å². The van der Waals surface area contributed by atoms with E-state index in [2.05, 4.69) is 38.6 Å². The molecule has 0 spiro atoms. The first kappa shape index (κ1) is 15.3. The molecule has 0 atom stereocenters. The Morgan fingerprint density at radius 2 is 1.76 bits per heavy atom. The molecule has 0 aliphatic carbocycles. The van der Waals surface area contributed by atoms with Gasteiger partial charge < -0.3 is 10.2 Å². The summed E-state index contributed by atoms with van der Waals surface area (Å²) in [6, 6.07) is 21.7.